The highest BCUT2D eigenvalue weighted by Crippen LogP contribution is 2.43. The Labute approximate surface area is 140 Å². The van der Waals surface area contributed by atoms with Crippen LogP contribution < -0.4 is 14.4 Å². The number of pyridine rings is 1. The molecule has 2 saturated heterocycles. The molecule has 2 aromatic rings. The summed E-state index contributed by atoms with van der Waals surface area (Å²) in [5.41, 5.74) is -0.0198. The number of methoxy groups -OCH3 is 1. The first-order valence-electron chi connectivity index (χ1n) is 8.01. The highest BCUT2D eigenvalue weighted by Gasteiger charge is 2.51. The van der Waals surface area contributed by atoms with Crippen molar-refractivity contribution in [3.8, 4) is 11.6 Å². The number of anilines is 1. The van der Waals surface area contributed by atoms with Crippen LogP contribution in [0.3, 0.4) is 0 Å². The molecule has 2 fully saturated rings. The number of hydrogen-bond donors (Lipinski definition) is 0. The molecule has 0 aromatic carbocycles. The summed E-state index contributed by atoms with van der Waals surface area (Å²) >= 11 is 0. The highest BCUT2D eigenvalue weighted by molar-refractivity contribution is 5.43. The van der Waals surface area contributed by atoms with Gasteiger partial charge in [-0.25, -0.2) is 9.97 Å². The van der Waals surface area contributed by atoms with Crippen LogP contribution in [0.2, 0.25) is 0 Å². The maximum Gasteiger partial charge on any atom is 0.218 e. The molecular weight excluding hydrogens is 308 g/mol. The second-order valence-corrected chi connectivity index (χ2v) is 6.35. The fourth-order valence-electron chi connectivity index (χ4n) is 3.48. The second kappa shape index (κ2) is 6.24. The maximum absolute atomic E-state index is 6.00. The van der Waals surface area contributed by atoms with E-state index in [1.54, 1.807) is 19.5 Å². The summed E-state index contributed by atoms with van der Waals surface area (Å²) < 4.78 is 17.0. The van der Waals surface area contributed by atoms with Crippen molar-refractivity contribution in [1.29, 1.82) is 0 Å². The summed E-state index contributed by atoms with van der Waals surface area (Å²) in [4.78, 5) is 14.8. The van der Waals surface area contributed by atoms with Crippen molar-refractivity contribution < 1.29 is 14.2 Å². The average molecular weight is 328 g/mol. The largest absolute Gasteiger partial charge is 0.491 e. The Morgan fingerprint density at radius 3 is 3.21 bits per heavy atom. The predicted molar refractivity (Wildman–Crippen MR) is 87.3 cm³/mol. The van der Waals surface area contributed by atoms with E-state index in [0.717, 1.165) is 31.3 Å². The molecule has 0 spiro atoms. The summed E-state index contributed by atoms with van der Waals surface area (Å²) in [5.74, 6) is 2.68. The monoisotopic (exact) mass is 328 g/mol. The first-order chi connectivity index (χ1) is 11.8. The Hall–Kier alpha value is -2.41. The summed E-state index contributed by atoms with van der Waals surface area (Å²) in [6.07, 6.45) is 5.02. The molecule has 2 atom stereocenters. The van der Waals surface area contributed by atoms with Crippen LogP contribution in [0, 0.1) is 11.3 Å². The average Bonchev–Trinajstić information content (AvgIpc) is 3.18. The number of hydrogen-bond acceptors (Lipinski definition) is 7. The SMILES string of the molecule is COc1cc(N2C[C@@H]3COC[C@]3(COc3cccnc3)C2)ncn1. The van der Waals surface area contributed by atoms with Crippen LogP contribution in [0.15, 0.2) is 36.9 Å². The van der Waals surface area contributed by atoms with Crippen LogP contribution in [0.1, 0.15) is 0 Å². The molecule has 0 N–H and O–H groups in total. The standard InChI is InChI=1S/C17H20N4O3/c1-22-16-5-15(19-12-20-16)21-7-13-8-23-10-17(13,9-21)11-24-14-3-2-4-18-6-14/h2-6,12-13H,7-11H2,1H3/t13-,17+/m1/s1. The lowest BCUT2D eigenvalue weighted by molar-refractivity contribution is 0.110. The van der Waals surface area contributed by atoms with E-state index in [0.29, 0.717) is 25.0 Å². The molecule has 2 aliphatic heterocycles. The van der Waals surface area contributed by atoms with Gasteiger partial charge in [0.15, 0.2) is 0 Å². The van der Waals surface area contributed by atoms with Crippen LogP contribution >= 0.6 is 0 Å². The van der Waals surface area contributed by atoms with Gasteiger partial charge in [0.05, 0.1) is 38.5 Å². The number of nitrogens with zero attached hydrogens (tertiary/aromatic N) is 4. The normalized spacial score (nSPS) is 25.5. The quantitative estimate of drug-likeness (QED) is 0.822. The van der Waals surface area contributed by atoms with Gasteiger partial charge in [0.25, 0.3) is 0 Å². The van der Waals surface area contributed by atoms with E-state index in [2.05, 4.69) is 19.9 Å². The van der Waals surface area contributed by atoms with Crippen LogP contribution in [0.5, 0.6) is 11.6 Å². The lowest BCUT2D eigenvalue weighted by Gasteiger charge is -2.27. The van der Waals surface area contributed by atoms with E-state index in [4.69, 9.17) is 14.2 Å². The first kappa shape index (κ1) is 15.1. The zero-order valence-corrected chi connectivity index (χ0v) is 13.6. The maximum atomic E-state index is 6.00. The van der Waals surface area contributed by atoms with Gasteiger partial charge in [0.2, 0.25) is 5.88 Å². The molecule has 0 saturated carbocycles. The van der Waals surface area contributed by atoms with Crippen LogP contribution in [-0.2, 0) is 4.74 Å². The molecular formula is C17H20N4O3. The Balaban J connectivity index is 1.50. The molecule has 0 radical (unpaired) electrons. The summed E-state index contributed by atoms with van der Waals surface area (Å²) in [6.45, 7) is 3.82. The molecule has 2 aromatic heterocycles. The van der Waals surface area contributed by atoms with Gasteiger partial charge >= 0.3 is 0 Å². The molecule has 4 heterocycles. The Bertz CT molecular complexity index is 699. The Morgan fingerprint density at radius 1 is 1.42 bits per heavy atom. The summed E-state index contributed by atoms with van der Waals surface area (Å²) in [7, 11) is 1.61. The minimum atomic E-state index is -0.0198. The number of rotatable bonds is 5. The molecule has 0 unspecified atom stereocenters. The molecule has 7 nitrogen and oxygen atoms in total. The molecule has 24 heavy (non-hydrogen) atoms. The van der Waals surface area contributed by atoms with Crippen molar-refractivity contribution >= 4 is 5.82 Å². The zero-order chi connectivity index (χ0) is 16.4. The highest BCUT2D eigenvalue weighted by atomic mass is 16.5. The third kappa shape index (κ3) is 2.75. The van der Waals surface area contributed by atoms with Crippen molar-refractivity contribution in [2.24, 2.45) is 11.3 Å². The smallest absolute Gasteiger partial charge is 0.218 e. The lowest BCUT2D eigenvalue weighted by Crippen LogP contribution is -2.37. The topological polar surface area (TPSA) is 69.6 Å². The van der Waals surface area contributed by atoms with Gasteiger partial charge in [-0.15, -0.1) is 0 Å². The molecule has 0 bridgehead atoms. The van der Waals surface area contributed by atoms with Crippen molar-refractivity contribution in [1.82, 2.24) is 15.0 Å². The molecule has 4 rings (SSSR count). The van der Waals surface area contributed by atoms with Gasteiger partial charge in [0.1, 0.15) is 17.9 Å². The van der Waals surface area contributed by atoms with E-state index in [1.807, 2.05) is 18.2 Å². The van der Waals surface area contributed by atoms with Gasteiger partial charge in [-0.05, 0) is 12.1 Å². The van der Waals surface area contributed by atoms with Gasteiger partial charge in [-0.2, -0.15) is 0 Å². The number of ether oxygens (including phenoxy) is 3. The van der Waals surface area contributed by atoms with E-state index in [-0.39, 0.29) is 5.41 Å². The molecule has 0 amide bonds. The van der Waals surface area contributed by atoms with Crippen LogP contribution in [0.25, 0.3) is 0 Å². The first-order valence-corrected chi connectivity index (χ1v) is 8.01. The lowest BCUT2D eigenvalue weighted by atomic mass is 9.82. The van der Waals surface area contributed by atoms with Gasteiger partial charge in [0, 0.05) is 31.3 Å². The van der Waals surface area contributed by atoms with E-state index >= 15 is 0 Å². The van der Waals surface area contributed by atoms with Crippen molar-refractivity contribution in [3.63, 3.8) is 0 Å². The van der Waals surface area contributed by atoms with Gasteiger partial charge < -0.3 is 19.1 Å². The fourth-order valence-corrected chi connectivity index (χ4v) is 3.48. The predicted octanol–water partition coefficient (Wildman–Crippen LogP) is 1.41. The third-order valence-electron chi connectivity index (χ3n) is 4.84. The van der Waals surface area contributed by atoms with Gasteiger partial charge in [-0.3, -0.25) is 4.98 Å². The molecule has 2 aliphatic rings. The summed E-state index contributed by atoms with van der Waals surface area (Å²) in [5, 5.41) is 0. The Kier molecular flexibility index (Phi) is 3.93. The van der Waals surface area contributed by atoms with E-state index in [1.165, 1.54) is 6.33 Å². The van der Waals surface area contributed by atoms with Crippen molar-refractivity contribution in [2.45, 2.75) is 0 Å². The molecule has 7 heteroatoms. The summed E-state index contributed by atoms with van der Waals surface area (Å²) in [6, 6.07) is 5.68. The number of fused-ring (bicyclic) bond motifs is 1. The van der Waals surface area contributed by atoms with Crippen molar-refractivity contribution in [2.75, 3.05) is 44.9 Å². The molecule has 126 valence electrons. The zero-order valence-electron chi connectivity index (χ0n) is 13.6. The Morgan fingerprint density at radius 2 is 2.38 bits per heavy atom. The number of aromatic nitrogens is 3. The minimum Gasteiger partial charge on any atom is -0.491 e. The minimum absolute atomic E-state index is 0.0198. The van der Waals surface area contributed by atoms with Gasteiger partial charge in [-0.1, -0.05) is 0 Å². The van der Waals surface area contributed by atoms with E-state index in [9.17, 15) is 0 Å². The third-order valence-corrected chi connectivity index (χ3v) is 4.84. The van der Waals surface area contributed by atoms with Crippen LogP contribution in [0.4, 0.5) is 5.82 Å². The van der Waals surface area contributed by atoms with Crippen LogP contribution in [-0.4, -0.2) is 55.0 Å². The fraction of sp³-hybridized carbons (Fsp3) is 0.471. The van der Waals surface area contributed by atoms with E-state index < -0.39 is 0 Å². The molecule has 0 aliphatic carbocycles. The van der Waals surface area contributed by atoms with Crippen molar-refractivity contribution in [3.05, 3.63) is 36.9 Å². The second-order valence-electron chi connectivity index (χ2n) is 6.35.